The summed E-state index contributed by atoms with van der Waals surface area (Å²) >= 11 is 0. The molecule has 0 bridgehead atoms. The third-order valence-corrected chi connectivity index (χ3v) is 10.6. The first-order valence-electron chi connectivity index (χ1n) is 16.6. The molecule has 0 unspecified atom stereocenters. The summed E-state index contributed by atoms with van der Waals surface area (Å²) < 4.78 is 7.48. The minimum atomic E-state index is -1.20. The van der Waals surface area contributed by atoms with Crippen LogP contribution in [0.3, 0.4) is 0 Å². The summed E-state index contributed by atoms with van der Waals surface area (Å²) in [6.45, 7) is 17.3. The van der Waals surface area contributed by atoms with Gasteiger partial charge in [-0.15, -0.1) is 0 Å². The van der Waals surface area contributed by atoms with E-state index in [1.807, 2.05) is 13.8 Å². The Bertz CT molecular complexity index is 1380. The topological polar surface area (TPSA) is 179 Å². The fourth-order valence-electron chi connectivity index (χ4n) is 6.05. The molecular formula is C32H54N8O5Si. The van der Waals surface area contributed by atoms with Crippen molar-refractivity contribution in [1.29, 1.82) is 0 Å². The highest BCUT2D eigenvalue weighted by molar-refractivity contribution is 6.76. The Hall–Kier alpha value is -3.52. The third-order valence-electron chi connectivity index (χ3n) is 8.91. The Morgan fingerprint density at radius 2 is 1.50 bits per heavy atom. The number of aromatic nitrogens is 3. The van der Waals surface area contributed by atoms with E-state index in [1.165, 1.54) is 6.20 Å². The molecule has 0 radical (unpaired) electrons. The summed E-state index contributed by atoms with van der Waals surface area (Å²) in [5.74, 6) is -1.37. The van der Waals surface area contributed by atoms with Gasteiger partial charge in [-0.25, -0.2) is 9.67 Å². The van der Waals surface area contributed by atoms with E-state index in [1.54, 1.807) is 20.7 Å². The van der Waals surface area contributed by atoms with E-state index < -0.39 is 31.7 Å². The summed E-state index contributed by atoms with van der Waals surface area (Å²) in [5.41, 5.74) is 12.0. The number of hydrogen-bond donors (Lipinski definition) is 3. The average Bonchev–Trinajstić information content (AvgIpc) is 3.44. The van der Waals surface area contributed by atoms with E-state index >= 15 is 0 Å². The quantitative estimate of drug-likeness (QED) is 0.218. The van der Waals surface area contributed by atoms with Gasteiger partial charge in [0, 0.05) is 39.9 Å². The van der Waals surface area contributed by atoms with Crippen molar-refractivity contribution < 1.29 is 23.9 Å². The third kappa shape index (κ3) is 9.74. The minimum Gasteiger partial charge on any atom is -0.383 e. The van der Waals surface area contributed by atoms with Gasteiger partial charge in [0.1, 0.15) is 12.5 Å². The highest BCUT2D eigenvalue weighted by Crippen LogP contribution is 2.28. The number of carbonyl (C=O) groups excluding carboxylic acids is 4. The molecule has 2 saturated heterocycles. The maximum atomic E-state index is 13.0. The smallest absolute Gasteiger partial charge is 0.314 e. The lowest BCUT2D eigenvalue weighted by Crippen LogP contribution is -2.50. The molecule has 0 saturated carbocycles. The lowest BCUT2D eigenvalue weighted by molar-refractivity contribution is -0.147. The Morgan fingerprint density at radius 1 is 0.935 bits per heavy atom. The van der Waals surface area contributed by atoms with E-state index in [-0.39, 0.29) is 18.8 Å². The number of carbonyl (C=O) groups is 4. The highest BCUT2D eigenvalue weighted by Gasteiger charge is 2.33. The molecule has 256 valence electrons. The molecule has 0 spiro atoms. The first kappa shape index (κ1) is 36.9. The van der Waals surface area contributed by atoms with Crippen molar-refractivity contribution in [2.45, 2.75) is 111 Å². The number of nitrogens with zero attached hydrogens (tertiary/aromatic N) is 5. The standard InChI is InChI=1S/C22H36N6O3Si.C10H18N2O2/c1-6-16-8-7-15(2)13-27(16)22(30)21(29)26-18-12-24-20(23)17-11-25-28(19(17)18)14-31-9-10-32(3,4)5;1-3-8-5-4-7(2)6-12(8)10(14)9(11)13/h11-12,15-16H,6-10,13-14H2,1-5H3,(H2,23,24)(H,26,29);7-8H,3-6H2,1-2H3,(H2,11,13)/t15-,16-;7-,8-/m00/s1. The van der Waals surface area contributed by atoms with Gasteiger partial charge in [0.2, 0.25) is 0 Å². The number of nitrogens with one attached hydrogen (secondary N) is 1. The van der Waals surface area contributed by atoms with Gasteiger partial charge in [-0.05, 0) is 56.4 Å². The number of fused-ring (bicyclic) bond motifs is 1. The Balaban J connectivity index is 0.000000344. The zero-order valence-electron chi connectivity index (χ0n) is 28.7. The Kier molecular flexibility index (Phi) is 13.1. The van der Waals surface area contributed by atoms with Gasteiger partial charge in [0.15, 0.2) is 0 Å². The molecule has 0 aliphatic carbocycles. The second-order valence-electron chi connectivity index (χ2n) is 14.0. The fraction of sp³-hybridized carbons (Fsp3) is 0.688. The van der Waals surface area contributed by atoms with Gasteiger partial charge >= 0.3 is 23.6 Å². The van der Waals surface area contributed by atoms with E-state index in [0.717, 1.165) is 44.6 Å². The van der Waals surface area contributed by atoms with Crippen LogP contribution in [0.5, 0.6) is 0 Å². The minimum absolute atomic E-state index is 0.0966. The maximum Gasteiger partial charge on any atom is 0.314 e. The van der Waals surface area contributed by atoms with Crippen LogP contribution in [0.15, 0.2) is 12.4 Å². The molecule has 4 rings (SSSR count). The molecule has 46 heavy (non-hydrogen) atoms. The predicted molar refractivity (Wildman–Crippen MR) is 182 cm³/mol. The molecule has 4 amide bonds. The van der Waals surface area contributed by atoms with Crippen LogP contribution < -0.4 is 16.8 Å². The van der Waals surface area contributed by atoms with Gasteiger partial charge in [-0.1, -0.05) is 47.3 Å². The van der Waals surface area contributed by atoms with Crippen LogP contribution in [0.1, 0.15) is 66.2 Å². The number of hydrogen-bond acceptors (Lipinski definition) is 8. The molecule has 2 aliphatic heterocycles. The number of primary amides is 1. The van der Waals surface area contributed by atoms with Crippen molar-refractivity contribution >= 4 is 54.1 Å². The molecule has 2 aromatic rings. The molecule has 14 heteroatoms. The van der Waals surface area contributed by atoms with Crippen LogP contribution in [-0.2, 0) is 30.6 Å². The summed E-state index contributed by atoms with van der Waals surface area (Å²) in [6, 6.07) is 1.34. The van der Waals surface area contributed by atoms with Crippen molar-refractivity contribution in [3.8, 4) is 0 Å². The molecule has 4 atom stereocenters. The van der Waals surface area contributed by atoms with Gasteiger partial charge in [0.25, 0.3) is 0 Å². The number of likely N-dealkylation sites (tertiary alicyclic amines) is 2. The van der Waals surface area contributed by atoms with Crippen molar-refractivity contribution in [2.75, 3.05) is 30.7 Å². The molecule has 2 aromatic heterocycles. The summed E-state index contributed by atoms with van der Waals surface area (Å²) in [7, 11) is -1.20. The monoisotopic (exact) mass is 658 g/mol. The molecule has 5 N–H and O–H groups in total. The molecule has 2 fully saturated rings. The van der Waals surface area contributed by atoms with Crippen LogP contribution in [0.4, 0.5) is 11.5 Å². The van der Waals surface area contributed by atoms with E-state index in [2.05, 4.69) is 48.9 Å². The van der Waals surface area contributed by atoms with Crippen LogP contribution >= 0.6 is 0 Å². The summed E-state index contributed by atoms with van der Waals surface area (Å²) in [4.78, 5) is 55.6. The van der Waals surface area contributed by atoms with Gasteiger partial charge in [-0.2, -0.15) is 5.10 Å². The Labute approximate surface area is 273 Å². The Morgan fingerprint density at radius 3 is 2.02 bits per heavy atom. The van der Waals surface area contributed by atoms with Gasteiger partial charge in [0.05, 0.1) is 29.0 Å². The maximum absolute atomic E-state index is 13.0. The first-order valence-corrected chi connectivity index (χ1v) is 20.3. The lowest BCUT2D eigenvalue weighted by Gasteiger charge is -2.37. The number of nitrogen functional groups attached to an aromatic ring is 1. The number of pyridine rings is 1. The van der Waals surface area contributed by atoms with Crippen LogP contribution in [0.2, 0.25) is 25.7 Å². The number of rotatable bonds is 8. The predicted octanol–water partition coefficient (Wildman–Crippen LogP) is 3.81. The summed E-state index contributed by atoms with van der Waals surface area (Å²) in [6.07, 6.45) is 8.91. The normalized spacial score (nSPS) is 21.8. The fourth-order valence-corrected chi connectivity index (χ4v) is 6.81. The van der Waals surface area contributed by atoms with Gasteiger partial charge in [-0.3, -0.25) is 19.2 Å². The van der Waals surface area contributed by atoms with Crippen LogP contribution in [0, 0.1) is 11.8 Å². The summed E-state index contributed by atoms with van der Waals surface area (Å²) in [5, 5.41) is 7.73. The number of piperidine rings is 2. The van der Waals surface area contributed by atoms with Gasteiger partial charge < -0.3 is 31.3 Å². The first-order chi connectivity index (χ1) is 21.7. The number of amides is 4. The molecule has 2 aliphatic rings. The number of ether oxygens (including phenoxy) is 1. The van der Waals surface area contributed by atoms with Crippen molar-refractivity contribution in [3.05, 3.63) is 12.4 Å². The van der Waals surface area contributed by atoms with Crippen LogP contribution in [-0.4, -0.2) is 88.0 Å². The lowest BCUT2D eigenvalue weighted by atomic mass is 9.92. The SMILES string of the molecule is CC[C@H]1CC[C@H](C)CN1C(=O)C(=O)Nc1cnc(N)c2cnn(COCC[Si](C)(C)C)c12.CC[C@H]1CC[C@H](C)CN1C(=O)C(N)=O. The number of anilines is 2. The zero-order valence-corrected chi connectivity index (χ0v) is 29.7. The number of nitrogens with two attached hydrogens (primary N) is 2. The molecule has 13 nitrogen and oxygen atoms in total. The molecule has 0 aromatic carbocycles. The van der Waals surface area contributed by atoms with E-state index in [9.17, 15) is 19.2 Å². The second-order valence-corrected chi connectivity index (χ2v) is 19.7. The van der Waals surface area contributed by atoms with Crippen LogP contribution in [0.25, 0.3) is 10.9 Å². The van der Waals surface area contributed by atoms with Crippen molar-refractivity contribution in [3.63, 3.8) is 0 Å². The second kappa shape index (κ2) is 16.3. The van der Waals surface area contributed by atoms with E-state index in [4.69, 9.17) is 16.2 Å². The van der Waals surface area contributed by atoms with E-state index in [0.29, 0.717) is 53.9 Å². The molecule has 4 heterocycles. The zero-order chi connectivity index (χ0) is 34.2. The molecular weight excluding hydrogens is 604 g/mol. The van der Waals surface area contributed by atoms with Crippen molar-refractivity contribution in [1.82, 2.24) is 24.6 Å². The van der Waals surface area contributed by atoms with Crippen molar-refractivity contribution in [2.24, 2.45) is 17.6 Å². The largest absolute Gasteiger partial charge is 0.383 e. The average molecular weight is 659 g/mol. The highest BCUT2D eigenvalue weighted by atomic mass is 28.3.